The number of hydrogen-bond donors (Lipinski definition) is 12. The normalized spacial score (nSPS) is 30.5. The number of fused-ring (bicyclic) bond motifs is 6. The molecule has 0 spiro atoms. The molecule has 3 saturated heterocycles. The molecule has 26 nitrogen and oxygen atoms in total. The summed E-state index contributed by atoms with van der Waals surface area (Å²) in [5.41, 5.74) is 10.4. The van der Waals surface area contributed by atoms with Crippen molar-refractivity contribution < 1.29 is 79.0 Å². The Labute approximate surface area is 762 Å². The summed E-state index contributed by atoms with van der Waals surface area (Å²) in [5, 5.41) is 92.8. The first-order chi connectivity index (χ1) is 61.3. The molecule has 6 aromatic rings. The lowest BCUT2D eigenvalue weighted by molar-refractivity contribution is -0.183. The molecule has 0 aromatic heterocycles. The van der Waals surface area contributed by atoms with E-state index in [1.807, 2.05) is 156 Å². The Hall–Kier alpha value is -8.42. The Morgan fingerprint density at radius 2 is 0.667 bits per heavy atom. The fraction of sp³-hybridized carbons (Fsp3) is 0.592. The van der Waals surface area contributed by atoms with Gasteiger partial charge >= 0.3 is 5.97 Å². The van der Waals surface area contributed by atoms with E-state index in [2.05, 4.69) is 98.7 Å². The predicted molar refractivity (Wildman–Crippen MR) is 496 cm³/mol. The number of carboxylic acid groups (broad SMARTS) is 1. The number of nitrogens with zero attached hydrogens (tertiary/aromatic N) is 5. The Kier molecular flexibility index (Phi) is 31.8. The first-order valence-corrected chi connectivity index (χ1v) is 47.1. The summed E-state index contributed by atoms with van der Waals surface area (Å²) in [5.74, 6) is 1.25. The third-order valence-corrected chi connectivity index (χ3v) is 31.5. The molecule has 26 heteroatoms. The summed E-state index contributed by atoms with van der Waals surface area (Å²) in [7, 11) is 8.06. The summed E-state index contributed by atoms with van der Waals surface area (Å²) in [6.45, 7) is 28.7. The van der Waals surface area contributed by atoms with E-state index in [0.29, 0.717) is 107 Å². The number of rotatable bonds is 32. The fourth-order valence-electron chi connectivity index (χ4n) is 23.5. The topological polar surface area (TPSA) is 348 Å². The van der Waals surface area contributed by atoms with Crippen molar-refractivity contribution in [1.29, 1.82) is 0 Å². The highest BCUT2D eigenvalue weighted by molar-refractivity contribution is 5.96. The van der Waals surface area contributed by atoms with Crippen molar-refractivity contribution in [3.05, 3.63) is 179 Å². The molecule has 6 bridgehead atoms. The lowest BCUT2D eigenvalue weighted by atomic mass is 9.45. The van der Waals surface area contributed by atoms with Crippen molar-refractivity contribution in [1.82, 2.24) is 51.6 Å². The van der Waals surface area contributed by atoms with Gasteiger partial charge in [-0.15, -0.1) is 0 Å². The highest BCUT2D eigenvalue weighted by atomic mass is 16.7. The number of benzene rings is 6. The van der Waals surface area contributed by atoms with Gasteiger partial charge in [-0.05, 0) is 288 Å². The van der Waals surface area contributed by atoms with Crippen molar-refractivity contribution in [2.45, 2.75) is 227 Å². The Morgan fingerprint density at radius 3 is 0.915 bits per heavy atom. The second kappa shape index (κ2) is 41.8. The number of aliphatic hydroxyl groups excluding tert-OH is 6. The average Bonchev–Trinajstić information content (AvgIpc) is 1.69. The van der Waals surface area contributed by atoms with Crippen molar-refractivity contribution in [2.24, 2.45) is 87.3 Å². The van der Waals surface area contributed by atoms with Crippen LogP contribution in [0.15, 0.2) is 146 Å². The Balaban J connectivity index is 0.000000166. The van der Waals surface area contributed by atoms with Gasteiger partial charge in [0, 0.05) is 60.1 Å². The zero-order chi connectivity index (χ0) is 93.0. The minimum atomic E-state index is -0.986. The molecule has 12 aliphatic rings. The number of carbonyl (C=O) groups is 6. The molecule has 18 rings (SSSR count). The molecule has 12 N–H and O–H groups in total. The Bertz CT molecular complexity index is 4660. The summed E-state index contributed by atoms with van der Waals surface area (Å²) in [6.07, 6.45) is 3.67. The van der Waals surface area contributed by atoms with Gasteiger partial charge in [0.2, 0.25) is 17.7 Å². The summed E-state index contributed by atoms with van der Waals surface area (Å²) in [4.78, 5) is 101. The van der Waals surface area contributed by atoms with Gasteiger partial charge in [0.05, 0.1) is 63.3 Å². The lowest BCUT2D eigenvalue weighted by Gasteiger charge is -2.62. The van der Waals surface area contributed by atoms with Gasteiger partial charge in [0.25, 0.3) is 11.8 Å². The van der Waals surface area contributed by atoms with Gasteiger partial charge in [-0.2, -0.15) is 15.2 Å². The number of carboxylic acids is 1. The number of hydroxylamine groups is 6. The molecule has 12 fully saturated rings. The minimum Gasteiger partial charge on any atom is -0.478 e. The first-order valence-electron chi connectivity index (χ1n) is 47.1. The molecule has 0 unspecified atom stereocenters. The minimum absolute atomic E-state index is 0.0730. The monoisotopic (exact) mass is 1780 g/mol. The summed E-state index contributed by atoms with van der Waals surface area (Å²) >= 11 is 0. The zero-order valence-corrected chi connectivity index (χ0v) is 78.5. The van der Waals surface area contributed by atoms with E-state index < -0.39 is 78.5 Å². The van der Waals surface area contributed by atoms with Crippen LogP contribution in [0.25, 0.3) is 33.4 Å². The molecule has 9 aliphatic carbocycles. The number of aliphatic hydroxyl groups is 6. The van der Waals surface area contributed by atoms with Crippen LogP contribution in [-0.2, 0) is 48.5 Å². The molecule has 24 atom stereocenters. The van der Waals surface area contributed by atoms with Crippen LogP contribution < -0.4 is 26.6 Å². The average molecular weight is 1780 g/mol. The van der Waals surface area contributed by atoms with Crippen LogP contribution in [0.1, 0.15) is 182 Å². The second-order valence-electron chi connectivity index (χ2n) is 41.2. The maximum Gasteiger partial charge on any atom is 0.335 e. The van der Waals surface area contributed by atoms with Crippen molar-refractivity contribution in [3.8, 4) is 33.4 Å². The molecule has 6 aromatic carbocycles. The molecule has 702 valence electrons. The van der Waals surface area contributed by atoms with Gasteiger partial charge in [0.15, 0.2) is 0 Å². The fourth-order valence-corrected chi connectivity index (χ4v) is 23.5. The molecule has 3 heterocycles. The van der Waals surface area contributed by atoms with Crippen molar-refractivity contribution >= 4 is 35.5 Å². The summed E-state index contributed by atoms with van der Waals surface area (Å²) < 4.78 is 0. The largest absolute Gasteiger partial charge is 0.478 e. The lowest BCUT2D eigenvalue weighted by Crippen LogP contribution is -2.62. The predicted octanol–water partition coefficient (Wildman–Crippen LogP) is 11.1. The van der Waals surface area contributed by atoms with Crippen LogP contribution >= 0.6 is 0 Å². The molecular formula is C103H144N10O16. The van der Waals surface area contributed by atoms with E-state index >= 15 is 0 Å². The highest BCUT2D eigenvalue weighted by Gasteiger charge is 2.61. The van der Waals surface area contributed by atoms with E-state index in [1.54, 1.807) is 54.2 Å². The van der Waals surface area contributed by atoms with Crippen molar-refractivity contribution in [3.63, 3.8) is 0 Å². The van der Waals surface area contributed by atoms with E-state index in [0.717, 1.165) is 95.3 Å². The molecule has 129 heavy (non-hydrogen) atoms. The highest BCUT2D eigenvalue weighted by Crippen LogP contribution is 2.64. The number of amides is 5. The van der Waals surface area contributed by atoms with E-state index in [9.17, 15) is 64.5 Å². The van der Waals surface area contributed by atoms with Crippen LogP contribution in [0.4, 0.5) is 0 Å². The molecular weight excluding hydrogens is 1630 g/mol. The third kappa shape index (κ3) is 21.8. The van der Waals surface area contributed by atoms with Crippen LogP contribution in [-0.4, -0.2) is 243 Å². The first kappa shape index (κ1) is 98.1. The zero-order valence-electron chi connectivity index (χ0n) is 78.5. The van der Waals surface area contributed by atoms with E-state index in [1.165, 1.54) is 19.3 Å². The standard InChI is InChI=1S/2C36H52N4O5.C31H40N2O6/c2*1-22-29-18-28(36(29,3)4)19-30(22)38-35(44)33-32(23(2)42)31(21-41)45-40(33)20-24-10-7-11-25(16-24)26-12-8-13-27(17-26)34(43)37-14-9-15-39(5)6;1-17-24-13-23(31(24,3)4)14-25(17)32-29(36)28-27(18(2)35)26(16-34)39-33(28)15-19-7-5-8-20(11-19)21-9-6-10-22(12-21)30(37)38/h2*7-8,10-13,16-17,22-23,28-33,41-42H,9,14-15,18-21H2,1-6H3,(H,37,43)(H,38,44);5-12,17-18,23-28,34-35H,13-16H2,1-4H3,(H,32,36)(H,37,38)/t2*22-,23-,28+,29-,30-,31-,32+,33-;17-,18-,23+,24-,25-,26-,27+,28-/m000/s1. The van der Waals surface area contributed by atoms with Gasteiger partial charge in [-0.3, -0.25) is 38.5 Å². The molecule has 0 radical (unpaired) electrons. The third-order valence-electron chi connectivity index (χ3n) is 31.5. The van der Waals surface area contributed by atoms with E-state index in [4.69, 9.17) is 14.5 Å². The van der Waals surface area contributed by atoms with Gasteiger partial charge in [-0.25, -0.2) is 4.79 Å². The van der Waals surface area contributed by atoms with Crippen LogP contribution in [0.5, 0.6) is 0 Å². The Morgan fingerprint density at radius 1 is 0.403 bits per heavy atom. The van der Waals surface area contributed by atoms with Gasteiger partial charge in [0.1, 0.15) is 36.4 Å². The molecule has 3 aliphatic heterocycles. The quantitative estimate of drug-likeness (QED) is 0.0175. The van der Waals surface area contributed by atoms with E-state index in [-0.39, 0.29) is 79.6 Å². The molecule has 5 amide bonds. The molecule has 9 saturated carbocycles. The number of hydrogen-bond acceptors (Lipinski definition) is 20. The number of nitrogens with one attached hydrogen (secondary N) is 5. The smallest absolute Gasteiger partial charge is 0.335 e. The maximum absolute atomic E-state index is 14.0. The van der Waals surface area contributed by atoms with Crippen LogP contribution in [0.2, 0.25) is 0 Å². The van der Waals surface area contributed by atoms with Crippen LogP contribution in [0, 0.1) is 87.3 Å². The number of carbonyl (C=O) groups excluding carboxylic acids is 5. The summed E-state index contributed by atoms with van der Waals surface area (Å²) in [6, 6.07) is 43.5. The maximum atomic E-state index is 14.0. The van der Waals surface area contributed by atoms with Gasteiger partial charge in [-0.1, -0.05) is 153 Å². The second-order valence-corrected chi connectivity index (χ2v) is 41.2. The number of aromatic carboxylic acids is 1. The van der Waals surface area contributed by atoms with Gasteiger partial charge < -0.3 is 72.1 Å². The SMILES string of the molecule is C[C@@H]1[C@@H](NC(=O)[C@@H]2[C@H]([C@H](C)O)[C@H](CO)ON2Cc2cccc(-c3cccc(C(=O)NCCCN(C)C)c3)c2)C[C@H]2C[C@@H]1C2(C)C.C[C@@H]1[C@@H](NC(=O)[C@@H]2[C@H]([C@H](C)O)[C@H](CO)ON2Cc2cccc(-c3cccc(C(=O)NCCCN(C)C)c3)c2)C[C@H]2C[C@@H]1C2(C)C.C[C@@H]1[C@@H](NC(=O)[C@@H]2[C@H]([C@H](C)O)[C@H](CO)ON2Cc2cccc(-c3cccc(C(=O)O)c3)c2)C[C@H]2C[C@@H]1C2(C)C. The van der Waals surface area contributed by atoms with Crippen LogP contribution in [0.3, 0.4) is 0 Å². The van der Waals surface area contributed by atoms with Crippen molar-refractivity contribution in [2.75, 3.05) is 74.2 Å².